The van der Waals surface area contributed by atoms with Crippen molar-refractivity contribution in [2.24, 2.45) is 0 Å². The number of hydrogen-bond donors (Lipinski definition) is 0. The molecule has 0 saturated carbocycles. The Bertz CT molecular complexity index is 2770. The summed E-state index contributed by atoms with van der Waals surface area (Å²) in [5.74, 6) is 0. The lowest BCUT2D eigenvalue weighted by molar-refractivity contribution is 0.668. The van der Waals surface area contributed by atoms with E-state index < -0.39 is 0 Å². The van der Waals surface area contributed by atoms with Crippen molar-refractivity contribution in [2.45, 2.75) is 0 Å². The third-order valence-corrected chi connectivity index (χ3v) is 9.84. The predicted molar refractivity (Wildman–Crippen MR) is 208 cm³/mol. The maximum atomic E-state index is 6.04. The van der Waals surface area contributed by atoms with E-state index in [4.69, 9.17) is 4.42 Å². The summed E-state index contributed by atoms with van der Waals surface area (Å²) in [6, 6.07) is 62.9. The van der Waals surface area contributed by atoms with Crippen molar-refractivity contribution in [1.82, 2.24) is 9.55 Å². The first-order valence-corrected chi connectivity index (χ1v) is 16.9. The highest BCUT2D eigenvalue weighted by Crippen LogP contribution is 2.38. The summed E-state index contributed by atoms with van der Waals surface area (Å²) < 4.78 is 8.45. The van der Waals surface area contributed by atoms with Crippen LogP contribution in [0.3, 0.4) is 0 Å². The number of pyridine rings is 1. The maximum Gasteiger partial charge on any atom is 0.153 e. The lowest BCUT2D eigenvalue weighted by Gasteiger charge is -2.12. The molecule has 0 saturated heterocycles. The first-order valence-electron chi connectivity index (χ1n) is 16.9. The summed E-state index contributed by atoms with van der Waals surface area (Å²) in [7, 11) is 0. The van der Waals surface area contributed by atoms with Crippen molar-refractivity contribution >= 4 is 43.9 Å². The van der Waals surface area contributed by atoms with Gasteiger partial charge in [0.1, 0.15) is 11.1 Å². The van der Waals surface area contributed by atoms with Crippen LogP contribution in [0.25, 0.3) is 94.1 Å². The Morgan fingerprint density at radius 3 is 1.54 bits per heavy atom. The Balaban J connectivity index is 1.11. The van der Waals surface area contributed by atoms with Gasteiger partial charge in [-0.3, -0.25) is 4.98 Å². The van der Waals surface area contributed by atoms with Gasteiger partial charge in [-0.25, -0.2) is 0 Å². The van der Waals surface area contributed by atoms with Gasteiger partial charge in [0.05, 0.1) is 11.0 Å². The molecule has 0 aliphatic carbocycles. The van der Waals surface area contributed by atoms with Crippen LogP contribution in [0.2, 0.25) is 0 Å². The Morgan fingerprint density at radius 1 is 0.360 bits per heavy atom. The van der Waals surface area contributed by atoms with Gasteiger partial charge in [-0.05, 0) is 111 Å². The first kappa shape index (κ1) is 28.3. The van der Waals surface area contributed by atoms with Gasteiger partial charge in [0.15, 0.2) is 5.58 Å². The molecule has 0 radical (unpaired) electrons. The molecule has 10 rings (SSSR count). The van der Waals surface area contributed by atoms with Crippen LogP contribution in [0, 0.1) is 0 Å². The third kappa shape index (κ3) is 4.71. The van der Waals surface area contributed by atoms with Gasteiger partial charge >= 0.3 is 0 Å². The second-order valence-electron chi connectivity index (χ2n) is 12.8. The van der Waals surface area contributed by atoms with Gasteiger partial charge in [0.2, 0.25) is 0 Å². The zero-order chi connectivity index (χ0) is 33.0. The SMILES string of the molecule is c1ccc(-c2ccc3c(c2)c2cc(-c4ccccc4)ccc2n3-c2cccc(-c3cccc(-c4ccc5oc6cccnc6c5c4)c3)c2)cc1. The van der Waals surface area contributed by atoms with Gasteiger partial charge in [-0.15, -0.1) is 0 Å². The Morgan fingerprint density at radius 2 is 0.880 bits per heavy atom. The van der Waals surface area contributed by atoms with E-state index in [-0.39, 0.29) is 0 Å². The van der Waals surface area contributed by atoms with Crippen molar-refractivity contribution < 1.29 is 4.42 Å². The first-order chi connectivity index (χ1) is 24.8. The van der Waals surface area contributed by atoms with Gasteiger partial charge < -0.3 is 8.98 Å². The molecule has 7 aromatic carbocycles. The molecule has 0 N–H and O–H groups in total. The van der Waals surface area contributed by atoms with Crippen LogP contribution in [0.5, 0.6) is 0 Å². The lowest BCUT2D eigenvalue weighted by Crippen LogP contribution is -1.94. The van der Waals surface area contributed by atoms with Crippen molar-refractivity contribution in [1.29, 1.82) is 0 Å². The van der Waals surface area contributed by atoms with E-state index in [0.29, 0.717) is 0 Å². The quantitative estimate of drug-likeness (QED) is 0.188. The molecule has 0 spiro atoms. The fraction of sp³-hybridized carbons (Fsp3) is 0. The molecule has 0 bridgehead atoms. The Hall–Kier alpha value is -6.71. The molecule has 234 valence electrons. The van der Waals surface area contributed by atoms with Crippen molar-refractivity contribution in [3.8, 4) is 50.2 Å². The van der Waals surface area contributed by atoms with E-state index in [1.807, 2.05) is 24.4 Å². The van der Waals surface area contributed by atoms with Crippen LogP contribution in [0.1, 0.15) is 0 Å². The van der Waals surface area contributed by atoms with Gasteiger partial charge in [-0.2, -0.15) is 0 Å². The minimum Gasteiger partial charge on any atom is -0.454 e. The van der Waals surface area contributed by atoms with Crippen LogP contribution in [0.4, 0.5) is 0 Å². The molecule has 3 nitrogen and oxygen atoms in total. The van der Waals surface area contributed by atoms with Crippen molar-refractivity contribution in [2.75, 3.05) is 0 Å². The zero-order valence-corrected chi connectivity index (χ0v) is 27.1. The summed E-state index contributed by atoms with van der Waals surface area (Å²) in [6.45, 7) is 0. The van der Waals surface area contributed by atoms with E-state index >= 15 is 0 Å². The van der Waals surface area contributed by atoms with Gasteiger partial charge in [0.25, 0.3) is 0 Å². The number of nitrogens with zero attached hydrogens (tertiary/aromatic N) is 2. The zero-order valence-electron chi connectivity index (χ0n) is 27.1. The highest BCUT2D eigenvalue weighted by atomic mass is 16.3. The molecule has 0 aliphatic heterocycles. The number of aromatic nitrogens is 2. The van der Waals surface area contributed by atoms with Crippen LogP contribution >= 0.6 is 0 Å². The Labute approximate surface area is 289 Å². The fourth-order valence-electron chi connectivity index (χ4n) is 7.40. The molecule has 3 heterocycles. The number of hydrogen-bond acceptors (Lipinski definition) is 2. The molecule has 0 unspecified atom stereocenters. The molecule has 3 aromatic heterocycles. The van der Waals surface area contributed by atoms with Gasteiger partial charge in [0, 0.05) is 28.0 Å². The molecule has 0 fully saturated rings. The average Bonchev–Trinajstić information content (AvgIpc) is 3.73. The van der Waals surface area contributed by atoms with Gasteiger partial charge in [-0.1, -0.05) is 109 Å². The maximum absolute atomic E-state index is 6.04. The average molecular weight is 639 g/mol. The van der Waals surface area contributed by atoms with Crippen molar-refractivity contribution in [3.05, 3.63) is 182 Å². The molecule has 3 heteroatoms. The summed E-state index contributed by atoms with van der Waals surface area (Å²) in [6.07, 6.45) is 1.82. The van der Waals surface area contributed by atoms with E-state index in [9.17, 15) is 0 Å². The molecule has 0 aliphatic rings. The number of benzene rings is 7. The number of rotatable bonds is 5. The van der Waals surface area contributed by atoms with Crippen LogP contribution < -0.4 is 0 Å². The monoisotopic (exact) mass is 638 g/mol. The summed E-state index contributed by atoms with van der Waals surface area (Å²) in [4.78, 5) is 4.59. The summed E-state index contributed by atoms with van der Waals surface area (Å²) >= 11 is 0. The van der Waals surface area contributed by atoms with Crippen LogP contribution in [0.15, 0.2) is 187 Å². The van der Waals surface area contributed by atoms with E-state index in [1.54, 1.807) is 0 Å². The largest absolute Gasteiger partial charge is 0.454 e. The molecule has 10 aromatic rings. The standard InChI is InChI=1S/C47H30N2O/c1-3-10-31(11-4-1)36-19-22-43-40(28-36)41-29-37(32-12-5-2-6-13-32)20-23-44(41)49(43)39-17-8-16-35(27-39)33-14-7-15-34(26-33)38-21-24-45-42(30-38)47-46(50-45)18-9-25-48-47/h1-30H. The third-order valence-electron chi connectivity index (χ3n) is 9.84. The second kappa shape index (κ2) is 11.5. The highest BCUT2D eigenvalue weighted by Gasteiger charge is 2.16. The topological polar surface area (TPSA) is 31.0 Å². The predicted octanol–water partition coefficient (Wildman–Crippen LogP) is 12.7. The van der Waals surface area contributed by atoms with E-state index in [1.165, 1.54) is 44.1 Å². The highest BCUT2D eigenvalue weighted by molar-refractivity contribution is 6.12. The minimum absolute atomic E-state index is 0.808. The minimum atomic E-state index is 0.808. The lowest BCUT2D eigenvalue weighted by atomic mass is 9.98. The molecule has 50 heavy (non-hydrogen) atoms. The molecular formula is C47H30N2O. The van der Waals surface area contributed by atoms with Crippen LogP contribution in [-0.4, -0.2) is 9.55 Å². The molecular weight excluding hydrogens is 609 g/mol. The fourth-order valence-corrected chi connectivity index (χ4v) is 7.40. The van der Waals surface area contributed by atoms with Crippen molar-refractivity contribution in [3.63, 3.8) is 0 Å². The van der Waals surface area contributed by atoms with Crippen LogP contribution in [-0.2, 0) is 0 Å². The smallest absolute Gasteiger partial charge is 0.153 e. The Kier molecular flexibility index (Phi) is 6.49. The number of fused-ring (bicyclic) bond motifs is 6. The summed E-state index contributed by atoms with van der Waals surface area (Å²) in [5, 5.41) is 3.51. The van der Waals surface area contributed by atoms with E-state index in [0.717, 1.165) is 50.0 Å². The number of furan rings is 1. The molecule has 0 atom stereocenters. The molecule has 0 amide bonds. The summed E-state index contributed by atoms with van der Waals surface area (Å²) in [5.41, 5.74) is 15.5. The van der Waals surface area contributed by atoms with E-state index in [2.05, 4.69) is 167 Å². The normalized spacial score (nSPS) is 11.6. The second-order valence-corrected chi connectivity index (χ2v) is 12.8.